The normalized spacial score (nSPS) is 22.0. The molecule has 0 aromatic heterocycles. The maximum Gasteiger partial charge on any atom is 0.501 e. The van der Waals surface area contributed by atoms with E-state index in [0.717, 1.165) is 17.8 Å². The van der Waals surface area contributed by atoms with Crippen LogP contribution in [0.15, 0.2) is 0 Å². The van der Waals surface area contributed by atoms with Gasteiger partial charge in [-0.1, -0.05) is 15.9 Å². The van der Waals surface area contributed by atoms with E-state index in [1.54, 1.807) is 0 Å². The first-order chi connectivity index (χ1) is 7.33. The second kappa shape index (κ2) is 7.75. The Kier molecular flexibility index (Phi) is 7.03. The molecular formula is C9H19BrO4Si. The van der Waals surface area contributed by atoms with Crippen LogP contribution in [0.3, 0.4) is 0 Å². The second-order valence-corrected chi connectivity index (χ2v) is 6.74. The standard InChI is InChI=1S/C9H19BrO4Si/c1-2-12-15(9-3-4-10)13-7-5-11-6-8-14-15/h2-9H2,1H3. The molecule has 0 saturated carbocycles. The summed E-state index contributed by atoms with van der Waals surface area (Å²) < 4.78 is 22.5. The van der Waals surface area contributed by atoms with Crippen molar-refractivity contribution in [1.82, 2.24) is 0 Å². The quantitative estimate of drug-likeness (QED) is 0.573. The van der Waals surface area contributed by atoms with E-state index in [9.17, 15) is 0 Å². The van der Waals surface area contributed by atoms with Crippen LogP contribution in [-0.2, 0) is 18.0 Å². The average Bonchev–Trinajstić information content (AvgIpc) is 2.21. The maximum absolute atomic E-state index is 5.76. The molecule has 0 atom stereocenters. The summed E-state index contributed by atoms with van der Waals surface area (Å²) in [6.45, 7) is 5.06. The van der Waals surface area contributed by atoms with Gasteiger partial charge < -0.3 is 18.0 Å². The monoisotopic (exact) mass is 298 g/mol. The van der Waals surface area contributed by atoms with Gasteiger partial charge in [0.25, 0.3) is 0 Å². The highest BCUT2D eigenvalue weighted by molar-refractivity contribution is 9.09. The predicted octanol–water partition coefficient (Wildman–Crippen LogP) is 1.81. The van der Waals surface area contributed by atoms with Crippen molar-refractivity contribution in [2.24, 2.45) is 0 Å². The molecule has 1 heterocycles. The molecule has 0 bridgehead atoms. The lowest BCUT2D eigenvalue weighted by molar-refractivity contribution is -0.0149. The highest BCUT2D eigenvalue weighted by atomic mass is 79.9. The van der Waals surface area contributed by atoms with Crippen molar-refractivity contribution >= 4 is 24.7 Å². The molecule has 15 heavy (non-hydrogen) atoms. The predicted molar refractivity (Wildman–Crippen MR) is 63.3 cm³/mol. The molecule has 1 aliphatic rings. The molecular weight excluding hydrogens is 280 g/mol. The average molecular weight is 299 g/mol. The van der Waals surface area contributed by atoms with E-state index < -0.39 is 8.80 Å². The van der Waals surface area contributed by atoms with E-state index in [0.29, 0.717) is 33.0 Å². The molecule has 0 N–H and O–H groups in total. The van der Waals surface area contributed by atoms with Gasteiger partial charge in [-0.05, 0) is 13.3 Å². The zero-order valence-electron chi connectivity index (χ0n) is 9.17. The first kappa shape index (κ1) is 13.6. The smallest absolute Gasteiger partial charge is 0.377 e. The molecule has 6 heteroatoms. The number of rotatable bonds is 5. The third-order valence-corrected chi connectivity index (χ3v) is 5.62. The molecule has 0 amide bonds. The number of hydrogen-bond donors (Lipinski definition) is 0. The van der Waals surface area contributed by atoms with Crippen LogP contribution < -0.4 is 0 Å². The fourth-order valence-corrected chi connectivity index (χ4v) is 4.78. The zero-order valence-corrected chi connectivity index (χ0v) is 11.8. The Hall–Kier alpha value is 0.537. The Balaban J connectivity index is 2.49. The summed E-state index contributed by atoms with van der Waals surface area (Å²) in [7, 11) is -2.40. The van der Waals surface area contributed by atoms with Crippen LogP contribution in [-0.4, -0.2) is 47.2 Å². The molecule has 0 unspecified atom stereocenters. The van der Waals surface area contributed by atoms with Gasteiger partial charge in [-0.2, -0.15) is 0 Å². The van der Waals surface area contributed by atoms with Gasteiger partial charge in [0.05, 0.1) is 26.4 Å². The molecule has 1 fully saturated rings. The Bertz CT molecular complexity index is 157. The number of hydrogen-bond acceptors (Lipinski definition) is 4. The molecule has 0 aliphatic carbocycles. The van der Waals surface area contributed by atoms with Gasteiger partial charge in [-0.3, -0.25) is 0 Å². The van der Waals surface area contributed by atoms with Crippen LogP contribution in [0.25, 0.3) is 0 Å². The lowest BCUT2D eigenvalue weighted by Crippen LogP contribution is -2.48. The Morgan fingerprint density at radius 3 is 2.40 bits per heavy atom. The van der Waals surface area contributed by atoms with Crippen LogP contribution >= 0.6 is 15.9 Å². The summed E-state index contributed by atoms with van der Waals surface area (Å²) in [6.07, 6.45) is 1.02. The van der Waals surface area contributed by atoms with Gasteiger partial charge in [0, 0.05) is 18.0 Å². The van der Waals surface area contributed by atoms with Gasteiger partial charge in [-0.25, -0.2) is 0 Å². The molecule has 0 radical (unpaired) electrons. The molecule has 90 valence electrons. The number of ether oxygens (including phenoxy) is 1. The molecule has 1 aliphatic heterocycles. The summed E-state index contributed by atoms with van der Waals surface area (Å²) >= 11 is 3.42. The Morgan fingerprint density at radius 2 is 1.87 bits per heavy atom. The van der Waals surface area contributed by atoms with Crippen molar-refractivity contribution in [1.29, 1.82) is 0 Å². The summed E-state index contributed by atoms with van der Waals surface area (Å²) in [5.74, 6) is 0. The lowest BCUT2D eigenvalue weighted by Gasteiger charge is -2.30. The molecule has 0 spiro atoms. The van der Waals surface area contributed by atoms with Gasteiger partial charge in [0.2, 0.25) is 0 Å². The van der Waals surface area contributed by atoms with Crippen molar-refractivity contribution < 1.29 is 18.0 Å². The summed E-state index contributed by atoms with van der Waals surface area (Å²) in [4.78, 5) is 0. The maximum atomic E-state index is 5.76. The van der Waals surface area contributed by atoms with Crippen molar-refractivity contribution in [3.63, 3.8) is 0 Å². The van der Waals surface area contributed by atoms with Crippen LogP contribution in [0.4, 0.5) is 0 Å². The van der Waals surface area contributed by atoms with Crippen LogP contribution in [0.2, 0.25) is 6.04 Å². The lowest BCUT2D eigenvalue weighted by atomic mass is 10.6. The van der Waals surface area contributed by atoms with E-state index in [-0.39, 0.29) is 0 Å². The number of alkyl halides is 1. The second-order valence-electron chi connectivity index (χ2n) is 3.22. The van der Waals surface area contributed by atoms with E-state index in [4.69, 9.17) is 18.0 Å². The summed E-state index contributed by atoms with van der Waals surface area (Å²) in [5.41, 5.74) is 0. The Morgan fingerprint density at radius 1 is 1.20 bits per heavy atom. The highest BCUT2D eigenvalue weighted by Gasteiger charge is 2.40. The van der Waals surface area contributed by atoms with Crippen LogP contribution in [0, 0.1) is 0 Å². The highest BCUT2D eigenvalue weighted by Crippen LogP contribution is 2.19. The molecule has 1 rings (SSSR count). The van der Waals surface area contributed by atoms with E-state index in [1.807, 2.05) is 6.92 Å². The van der Waals surface area contributed by atoms with Crippen molar-refractivity contribution in [2.75, 3.05) is 38.4 Å². The van der Waals surface area contributed by atoms with Crippen LogP contribution in [0.5, 0.6) is 0 Å². The topological polar surface area (TPSA) is 36.9 Å². The molecule has 0 aromatic rings. The van der Waals surface area contributed by atoms with Crippen molar-refractivity contribution in [2.45, 2.75) is 19.4 Å². The third kappa shape index (κ3) is 4.93. The number of halogens is 1. The molecule has 4 nitrogen and oxygen atoms in total. The summed E-state index contributed by atoms with van der Waals surface area (Å²) in [6, 6.07) is 0.881. The Labute approximate surface area is 101 Å². The van der Waals surface area contributed by atoms with Crippen LogP contribution in [0.1, 0.15) is 13.3 Å². The van der Waals surface area contributed by atoms with E-state index >= 15 is 0 Å². The minimum absolute atomic E-state index is 0.578. The fraction of sp³-hybridized carbons (Fsp3) is 1.00. The summed E-state index contributed by atoms with van der Waals surface area (Å²) in [5, 5.41) is 0.956. The van der Waals surface area contributed by atoms with Crippen molar-refractivity contribution in [3.05, 3.63) is 0 Å². The first-order valence-corrected chi connectivity index (χ1v) is 8.44. The SMILES string of the molecule is CCO[Si]1(CCCBr)OCCOCCO1. The van der Waals surface area contributed by atoms with Gasteiger partial charge in [0.15, 0.2) is 0 Å². The minimum atomic E-state index is -2.40. The largest absolute Gasteiger partial charge is 0.501 e. The fourth-order valence-electron chi connectivity index (χ4n) is 1.46. The first-order valence-electron chi connectivity index (χ1n) is 5.38. The third-order valence-electron chi connectivity index (χ3n) is 2.08. The van der Waals surface area contributed by atoms with Gasteiger partial charge >= 0.3 is 8.80 Å². The zero-order chi connectivity index (χ0) is 11.0. The van der Waals surface area contributed by atoms with Crippen molar-refractivity contribution in [3.8, 4) is 0 Å². The van der Waals surface area contributed by atoms with E-state index in [2.05, 4.69) is 15.9 Å². The molecule has 0 aromatic carbocycles. The van der Waals surface area contributed by atoms with E-state index in [1.165, 1.54) is 0 Å². The van der Waals surface area contributed by atoms with Gasteiger partial charge in [-0.15, -0.1) is 0 Å². The minimum Gasteiger partial charge on any atom is -0.377 e. The molecule has 1 saturated heterocycles. The van der Waals surface area contributed by atoms with Gasteiger partial charge in [0.1, 0.15) is 0 Å².